The Morgan fingerprint density at radius 3 is 2.49 bits per heavy atom. The number of imidazole rings is 1. The lowest BCUT2D eigenvalue weighted by atomic mass is 9.73. The largest absolute Gasteiger partial charge is 0.342 e. The molecule has 2 aromatic carbocycles. The number of hydrogen-bond acceptors (Lipinski definition) is 6. The van der Waals surface area contributed by atoms with Gasteiger partial charge in [0.25, 0.3) is 0 Å². The number of thioether (sulfide) groups is 1. The molecule has 0 amide bonds. The first-order chi connectivity index (χ1) is 17.0. The summed E-state index contributed by atoms with van der Waals surface area (Å²) in [5.74, 6) is 0.977. The minimum absolute atomic E-state index is 0.129. The normalized spacial score (nSPS) is 19.1. The van der Waals surface area contributed by atoms with E-state index in [2.05, 4.69) is 71.7 Å². The third-order valence-corrected chi connectivity index (χ3v) is 9.73. The van der Waals surface area contributed by atoms with Crippen molar-refractivity contribution in [3.05, 3.63) is 78.2 Å². The number of benzene rings is 2. The Labute approximate surface area is 215 Å². The molecule has 35 heavy (non-hydrogen) atoms. The van der Waals surface area contributed by atoms with Crippen LogP contribution in [0.4, 0.5) is 5.95 Å². The molecule has 1 saturated heterocycles. The van der Waals surface area contributed by atoms with Gasteiger partial charge >= 0.3 is 0 Å². The number of nitrogens with zero attached hydrogens (tertiary/aromatic N) is 4. The van der Waals surface area contributed by atoms with Crippen LogP contribution in [0.1, 0.15) is 43.9 Å². The summed E-state index contributed by atoms with van der Waals surface area (Å²) in [5.41, 5.74) is 10.7. The minimum atomic E-state index is 0.129. The van der Waals surface area contributed by atoms with E-state index >= 15 is 0 Å². The number of nitrogens with two attached hydrogens (primary N) is 1. The number of hydrogen-bond donors (Lipinski definition) is 1. The van der Waals surface area contributed by atoms with Crippen LogP contribution in [0.5, 0.6) is 0 Å². The van der Waals surface area contributed by atoms with Gasteiger partial charge in [0.05, 0.1) is 4.90 Å². The van der Waals surface area contributed by atoms with Gasteiger partial charge in [-0.15, -0.1) is 11.8 Å². The van der Waals surface area contributed by atoms with E-state index in [1.807, 2.05) is 30.4 Å². The zero-order valence-corrected chi connectivity index (χ0v) is 21.9. The molecule has 2 N–H and O–H groups in total. The zero-order chi connectivity index (χ0) is 24.0. The van der Waals surface area contributed by atoms with Crippen molar-refractivity contribution in [3.63, 3.8) is 0 Å². The molecular formula is C28H31N5S2. The highest BCUT2D eigenvalue weighted by Crippen LogP contribution is 2.51. The van der Waals surface area contributed by atoms with Crippen molar-refractivity contribution in [1.82, 2.24) is 14.4 Å². The SMILES string of the molecule is CC(C)Sc1ccccc1Sc1cnc(N2CCC3(CC2)Cc2ccccc2[C@H]3N)n2ccnc12. The molecule has 7 heteroatoms. The lowest BCUT2D eigenvalue weighted by Gasteiger charge is -2.42. The topological polar surface area (TPSA) is 59.5 Å². The first-order valence-electron chi connectivity index (χ1n) is 12.4. The van der Waals surface area contributed by atoms with Crippen LogP contribution in [-0.2, 0) is 6.42 Å². The van der Waals surface area contributed by atoms with Crippen LogP contribution in [0.25, 0.3) is 5.65 Å². The van der Waals surface area contributed by atoms with Crippen molar-refractivity contribution in [2.45, 2.75) is 59.1 Å². The van der Waals surface area contributed by atoms with Gasteiger partial charge < -0.3 is 10.6 Å². The molecule has 1 fully saturated rings. The molecule has 6 rings (SSSR count). The third kappa shape index (κ3) is 4.13. The van der Waals surface area contributed by atoms with E-state index in [0.29, 0.717) is 5.25 Å². The fourth-order valence-electron chi connectivity index (χ4n) is 5.65. The first-order valence-corrected chi connectivity index (χ1v) is 14.1. The van der Waals surface area contributed by atoms with Crippen molar-refractivity contribution in [2.24, 2.45) is 11.1 Å². The van der Waals surface area contributed by atoms with Gasteiger partial charge in [-0.05, 0) is 47.9 Å². The monoisotopic (exact) mass is 501 g/mol. The van der Waals surface area contributed by atoms with Gasteiger partial charge in [0.2, 0.25) is 5.95 Å². The molecule has 2 aliphatic rings. The van der Waals surface area contributed by atoms with Crippen molar-refractivity contribution in [3.8, 4) is 0 Å². The number of fused-ring (bicyclic) bond motifs is 2. The summed E-state index contributed by atoms with van der Waals surface area (Å²) in [4.78, 5) is 15.7. The highest BCUT2D eigenvalue weighted by Gasteiger charge is 2.46. The fourth-order valence-corrected chi connectivity index (χ4v) is 7.67. The fraction of sp³-hybridized carbons (Fsp3) is 0.357. The van der Waals surface area contributed by atoms with E-state index in [-0.39, 0.29) is 11.5 Å². The molecule has 0 unspecified atom stereocenters. The maximum Gasteiger partial charge on any atom is 0.211 e. The predicted octanol–water partition coefficient (Wildman–Crippen LogP) is 6.22. The molecule has 5 nitrogen and oxygen atoms in total. The molecule has 1 atom stereocenters. The maximum absolute atomic E-state index is 6.80. The standard InChI is InChI=1S/C28H31N5S2/c1-19(2)34-22-9-5-6-10-23(22)35-24-18-31-27(33-16-13-30-26(24)33)32-14-11-28(12-15-32)17-20-7-3-4-8-21(20)25(28)29/h3-10,13,16,18-19,25H,11-12,14-15,17,29H2,1-2H3/t25-/m1/s1. The molecule has 0 radical (unpaired) electrons. The van der Waals surface area contributed by atoms with Crippen molar-refractivity contribution in [1.29, 1.82) is 0 Å². The molecule has 1 aliphatic carbocycles. The lowest BCUT2D eigenvalue weighted by Crippen LogP contribution is -2.45. The van der Waals surface area contributed by atoms with Crippen molar-refractivity contribution in [2.75, 3.05) is 18.0 Å². The molecule has 1 aliphatic heterocycles. The summed E-state index contributed by atoms with van der Waals surface area (Å²) in [7, 11) is 0. The second-order valence-electron chi connectivity index (χ2n) is 9.96. The maximum atomic E-state index is 6.80. The van der Waals surface area contributed by atoms with Crippen LogP contribution >= 0.6 is 23.5 Å². The van der Waals surface area contributed by atoms with E-state index < -0.39 is 0 Å². The summed E-state index contributed by atoms with van der Waals surface area (Å²) in [6, 6.07) is 17.5. The number of aromatic nitrogens is 3. The van der Waals surface area contributed by atoms with Crippen LogP contribution in [-0.4, -0.2) is 32.7 Å². The van der Waals surface area contributed by atoms with Gasteiger partial charge in [-0.25, -0.2) is 9.97 Å². The Kier molecular flexibility index (Phi) is 6.03. The van der Waals surface area contributed by atoms with Crippen LogP contribution in [0.15, 0.2) is 81.8 Å². The van der Waals surface area contributed by atoms with Crippen LogP contribution in [0.2, 0.25) is 0 Å². The van der Waals surface area contributed by atoms with E-state index in [0.717, 1.165) is 48.8 Å². The van der Waals surface area contributed by atoms with Crippen LogP contribution in [0.3, 0.4) is 0 Å². The van der Waals surface area contributed by atoms with E-state index in [1.165, 1.54) is 20.9 Å². The number of rotatable bonds is 5. The summed E-state index contributed by atoms with van der Waals surface area (Å²) in [5, 5.41) is 0.534. The molecule has 4 aromatic rings. The number of anilines is 1. The van der Waals surface area contributed by atoms with Gasteiger partial charge in [0.15, 0.2) is 5.65 Å². The van der Waals surface area contributed by atoms with Crippen molar-refractivity contribution >= 4 is 35.1 Å². The Balaban J connectivity index is 1.24. The summed E-state index contributed by atoms with van der Waals surface area (Å²) in [6.45, 7) is 6.38. The molecule has 1 spiro atoms. The highest BCUT2D eigenvalue weighted by atomic mass is 32.2. The Morgan fingerprint density at radius 2 is 1.71 bits per heavy atom. The molecule has 0 saturated carbocycles. The van der Waals surface area contributed by atoms with Gasteiger partial charge in [-0.3, -0.25) is 4.40 Å². The van der Waals surface area contributed by atoms with Crippen LogP contribution in [0, 0.1) is 5.41 Å². The molecular weight excluding hydrogens is 470 g/mol. The number of piperidine rings is 1. The van der Waals surface area contributed by atoms with Gasteiger partial charge in [-0.1, -0.05) is 62.0 Å². The van der Waals surface area contributed by atoms with E-state index in [1.54, 1.807) is 11.8 Å². The highest BCUT2D eigenvalue weighted by molar-refractivity contribution is 8.02. The van der Waals surface area contributed by atoms with Crippen LogP contribution < -0.4 is 10.6 Å². The van der Waals surface area contributed by atoms with Gasteiger partial charge in [0.1, 0.15) is 0 Å². The van der Waals surface area contributed by atoms with E-state index in [4.69, 9.17) is 15.7 Å². The average Bonchev–Trinajstić information content (AvgIpc) is 3.45. The Hall–Kier alpha value is -2.48. The molecule has 3 heterocycles. The smallest absolute Gasteiger partial charge is 0.211 e. The van der Waals surface area contributed by atoms with Gasteiger partial charge in [0, 0.05) is 52.8 Å². The third-order valence-electron chi connectivity index (χ3n) is 7.44. The predicted molar refractivity (Wildman–Crippen MR) is 145 cm³/mol. The Bertz CT molecular complexity index is 1360. The molecule has 180 valence electrons. The Morgan fingerprint density at radius 1 is 0.971 bits per heavy atom. The summed E-state index contributed by atoms with van der Waals surface area (Å²) in [6.07, 6.45) is 9.18. The summed E-state index contributed by atoms with van der Waals surface area (Å²) >= 11 is 3.65. The second-order valence-corrected chi connectivity index (χ2v) is 12.7. The summed E-state index contributed by atoms with van der Waals surface area (Å²) < 4.78 is 2.15. The van der Waals surface area contributed by atoms with E-state index in [9.17, 15) is 0 Å². The second kappa shape index (κ2) is 9.19. The quantitative estimate of drug-likeness (QED) is 0.328. The lowest BCUT2D eigenvalue weighted by molar-refractivity contribution is 0.186. The zero-order valence-electron chi connectivity index (χ0n) is 20.2. The first kappa shape index (κ1) is 23.0. The van der Waals surface area contributed by atoms with Crippen molar-refractivity contribution < 1.29 is 0 Å². The average molecular weight is 502 g/mol. The molecule has 2 aromatic heterocycles. The molecule has 0 bridgehead atoms. The van der Waals surface area contributed by atoms with Gasteiger partial charge in [-0.2, -0.15) is 0 Å². The minimum Gasteiger partial charge on any atom is -0.342 e.